The van der Waals surface area contributed by atoms with E-state index >= 15 is 0 Å². The molecule has 36 heavy (non-hydrogen) atoms. The van der Waals surface area contributed by atoms with Gasteiger partial charge in [-0.1, -0.05) is 0 Å². The Morgan fingerprint density at radius 3 is 2.89 bits per heavy atom. The molecule has 0 spiro atoms. The molecule has 0 radical (unpaired) electrons. The zero-order valence-corrected chi connectivity index (χ0v) is 21.1. The summed E-state index contributed by atoms with van der Waals surface area (Å²) in [6.07, 6.45) is 4.68. The van der Waals surface area contributed by atoms with Crippen LogP contribution in [-0.2, 0) is 4.79 Å². The molecule has 11 heteroatoms. The number of anilines is 3. The van der Waals surface area contributed by atoms with Gasteiger partial charge >= 0.3 is 0 Å². The lowest BCUT2D eigenvalue weighted by molar-refractivity contribution is -0.121. The number of carbonyl (C=O) groups excluding carboxylic acids is 1. The predicted octanol–water partition coefficient (Wildman–Crippen LogP) is 3.83. The van der Waals surface area contributed by atoms with Crippen LogP contribution >= 0.6 is 11.8 Å². The summed E-state index contributed by atoms with van der Waals surface area (Å²) in [5.74, 6) is 1.32. The fourth-order valence-electron chi connectivity index (χ4n) is 4.59. The number of aliphatic hydroxyl groups excluding tert-OH is 1. The number of fused-ring (bicyclic) bond motifs is 1. The fourth-order valence-corrected chi connectivity index (χ4v) is 5.34. The normalized spacial score (nSPS) is 16.9. The second-order valence-corrected chi connectivity index (χ2v) is 10.0. The molecule has 0 bridgehead atoms. The molecular formula is C25H30N8O2S. The molecule has 4 aromatic rings. The molecule has 2 atom stereocenters. The predicted molar refractivity (Wildman–Crippen MR) is 140 cm³/mol. The number of carbonyl (C=O) groups is 1. The number of aromatic amines is 1. The van der Waals surface area contributed by atoms with Gasteiger partial charge in [0.25, 0.3) is 0 Å². The van der Waals surface area contributed by atoms with Gasteiger partial charge in [0, 0.05) is 41.2 Å². The Morgan fingerprint density at radius 1 is 1.31 bits per heavy atom. The highest BCUT2D eigenvalue weighted by molar-refractivity contribution is 7.99. The number of hydrogen-bond acceptors (Lipinski definition) is 8. The maximum atomic E-state index is 12.9. The maximum absolute atomic E-state index is 12.9. The van der Waals surface area contributed by atoms with Gasteiger partial charge in [0.2, 0.25) is 11.1 Å². The van der Waals surface area contributed by atoms with Gasteiger partial charge in [0.15, 0.2) is 11.6 Å². The number of aliphatic hydroxyl groups is 1. The highest BCUT2D eigenvalue weighted by Crippen LogP contribution is 2.29. The minimum atomic E-state index is -0.246. The van der Waals surface area contributed by atoms with E-state index in [0.717, 1.165) is 41.2 Å². The largest absolute Gasteiger partial charge is 0.396 e. The molecule has 3 aromatic heterocycles. The first-order valence-electron chi connectivity index (χ1n) is 12.1. The molecule has 1 saturated heterocycles. The van der Waals surface area contributed by atoms with Crippen LogP contribution in [0.5, 0.6) is 0 Å². The average molecular weight is 507 g/mol. The lowest BCUT2D eigenvalue weighted by Crippen LogP contribution is -2.44. The molecule has 188 valence electrons. The van der Waals surface area contributed by atoms with E-state index in [2.05, 4.69) is 30.8 Å². The molecule has 0 unspecified atom stereocenters. The number of H-pyrrole nitrogens is 1. The van der Waals surface area contributed by atoms with Crippen LogP contribution in [0.3, 0.4) is 0 Å². The van der Waals surface area contributed by atoms with Crippen molar-refractivity contribution in [3.63, 3.8) is 0 Å². The number of benzene rings is 1. The molecular weight excluding hydrogens is 476 g/mol. The van der Waals surface area contributed by atoms with Crippen LogP contribution in [0.25, 0.3) is 5.52 Å². The maximum Gasteiger partial charge on any atom is 0.241 e. The van der Waals surface area contributed by atoms with Gasteiger partial charge in [-0.05, 0) is 87.8 Å². The number of hydrogen-bond donors (Lipinski definition) is 4. The van der Waals surface area contributed by atoms with E-state index in [1.807, 2.05) is 62.5 Å². The summed E-state index contributed by atoms with van der Waals surface area (Å²) in [6, 6.07) is 13.5. The number of rotatable bonds is 9. The molecule has 4 N–H and O–H groups in total. The Kier molecular flexibility index (Phi) is 7.21. The highest BCUT2D eigenvalue weighted by Gasteiger charge is 2.31. The summed E-state index contributed by atoms with van der Waals surface area (Å²) in [5.41, 5.74) is 2.55. The Hall–Kier alpha value is -3.41. The minimum absolute atomic E-state index is 0.0362. The first-order valence-corrected chi connectivity index (χ1v) is 12.9. The van der Waals surface area contributed by atoms with Gasteiger partial charge < -0.3 is 15.7 Å². The second kappa shape index (κ2) is 10.7. The third-order valence-corrected chi connectivity index (χ3v) is 7.28. The van der Waals surface area contributed by atoms with Crippen molar-refractivity contribution in [1.82, 2.24) is 29.7 Å². The van der Waals surface area contributed by atoms with Crippen molar-refractivity contribution in [1.29, 1.82) is 0 Å². The Bertz CT molecular complexity index is 1340. The molecule has 10 nitrogen and oxygen atoms in total. The van der Waals surface area contributed by atoms with Gasteiger partial charge in [0.1, 0.15) is 5.52 Å². The van der Waals surface area contributed by atoms with Crippen molar-refractivity contribution in [2.45, 2.75) is 55.2 Å². The van der Waals surface area contributed by atoms with E-state index in [-0.39, 0.29) is 24.6 Å². The number of nitrogens with one attached hydrogen (secondary N) is 3. The summed E-state index contributed by atoms with van der Waals surface area (Å²) in [4.78, 5) is 20.7. The van der Waals surface area contributed by atoms with Crippen molar-refractivity contribution in [3.05, 3.63) is 54.4 Å². The van der Waals surface area contributed by atoms with Gasteiger partial charge in [-0.2, -0.15) is 5.10 Å². The molecule has 0 saturated carbocycles. The first-order chi connectivity index (χ1) is 17.5. The summed E-state index contributed by atoms with van der Waals surface area (Å²) in [6.45, 7) is 4.91. The van der Waals surface area contributed by atoms with Crippen molar-refractivity contribution in [2.75, 3.05) is 23.8 Å². The zero-order valence-electron chi connectivity index (χ0n) is 20.3. The molecule has 1 amide bonds. The monoisotopic (exact) mass is 506 g/mol. The van der Waals surface area contributed by atoms with Crippen molar-refractivity contribution < 1.29 is 9.90 Å². The smallest absolute Gasteiger partial charge is 0.241 e. The molecule has 1 aromatic carbocycles. The van der Waals surface area contributed by atoms with Crippen LogP contribution in [0.4, 0.5) is 17.3 Å². The van der Waals surface area contributed by atoms with Gasteiger partial charge in [-0.15, -0.1) is 5.10 Å². The van der Waals surface area contributed by atoms with Crippen LogP contribution in [0.15, 0.2) is 58.7 Å². The fraction of sp³-hybridized carbons (Fsp3) is 0.360. The first kappa shape index (κ1) is 24.3. The van der Waals surface area contributed by atoms with Crippen molar-refractivity contribution >= 4 is 40.5 Å². The molecule has 1 aliphatic heterocycles. The lowest BCUT2D eigenvalue weighted by atomic mass is 10.1. The Morgan fingerprint density at radius 2 is 2.14 bits per heavy atom. The summed E-state index contributed by atoms with van der Waals surface area (Å²) in [7, 11) is 0. The van der Waals surface area contributed by atoms with Crippen LogP contribution in [0, 0.1) is 6.92 Å². The number of aromatic nitrogens is 5. The summed E-state index contributed by atoms with van der Waals surface area (Å²) < 4.78 is 1.79. The van der Waals surface area contributed by atoms with E-state index in [9.17, 15) is 9.90 Å². The molecule has 1 fully saturated rings. The summed E-state index contributed by atoms with van der Waals surface area (Å²) >= 11 is 1.44. The SMILES string of the molecule is Cc1cc(Nc2nc(Sc3ccc(NC(=O)[C@H](C)N4CCC[C@@H]4CCO)cc3)nn3cccc23)n[nH]1. The van der Waals surface area contributed by atoms with Crippen LogP contribution in [0.1, 0.15) is 31.9 Å². The minimum Gasteiger partial charge on any atom is -0.396 e. The van der Waals surface area contributed by atoms with Crippen LogP contribution in [0.2, 0.25) is 0 Å². The second-order valence-electron chi connectivity index (χ2n) is 8.98. The topological polar surface area (TPSA) is 123 Å². The number of likely N-dealkylation sites (tertiary alicyclic amines) is 1. The molecule has 1 aliphatic rings. The third kappa shape index (κ3) is 5.38. The van der Waals surface area contributed by atoms with Crippen LogP contribution < -0.4 is 10.6 Å². The summed E-state index contributed by atoms with van der Waals surface area (Å²) in [5, 5.41) is 27.9. The van der Waals surface area contributed by atoms with Crippen LogP contribution in [-0.4, -0.2) is 65.9 Å². The zero-order chi connectivity index (χ0) is 25.1. The third-order valence-electron chi connectivity index (χ3n) is 6.42. The molecule has 4 heterocycles. The van der Waals surface area contributed by atoms with Crippen molar-refractivity contribution in [3.8, 4) is 0 Å². The van der Waals surface area contributed by atoms with E-state index in [1.54, 1.807) is 4.52 Å². The van der Waals surface area contributed by atoms with E-state index in [0.29, 0.717) is 23.2 Å². The molecule has 0 aliphatic carbocycles. The number of amides is 1. The van der Waals surface area contributed by atoms with Gasteiger partial charge in [-0.3, -0.25) is 14.8 Å². The standard InChI is InChI=1S/C25H30N8O2S/c1-16-15-22(30-29-16)27-23-21-6-4-13-33(21)31-25(28-23)36-20-9-7-18(8-10-20)26-24(35)17(2)32-12-3-5-19(32)11-14-34/h4,6-10,13,15,17,19,34H,3,5,11-12,14H2,1-2H3,(H,26,35)(H2,27,28,29,30,31)/t17-,19+/m0/s1. The Balaban J connectivity index is 1.25. The average Bonchev–Trinajstić information content (AvgIpc) is 3.62. The Labute approximate surface area is 213 Å². The number of nitrogens with zero attached hydrogens (tertiary/aromatic N) is 5. The van der Waals surface area contributed by atoms with E-state index in [1.165, 1.54) is 11.8 Å². The van der Waals surface area contributed by atoms with E-state index in [4.69, 9.17) is 4.98 Å². The highest BCUT2D eigenvalue weighted by atomic mass is 32.2. The lowest BCUT2D eigenvalue weighted by Gasteiger charge is -2.29. The van der Waals surface area contributed by atoms with Crippen molar-refractivity contribution in [2.24, 2.45) is 0 Å². The van der Waals surface area contributed by atoms with Gasteiger partial charge in [-0.25, -0.2) is 9.50 Å². The van der Waals surface area contributed by atoms with Gasteiger partial charge in [0.05, 0.1) is 6.04 Å². The molecule has 5 rings (SSSR count). The quantitative estimate of drug-likeness (QED) is 0.270. The number of aryl methyl sites for hydroxylation is 1. The van der Waals surface area contributed by atoms with E-state index < -0.39 is 0 Å².